The van der Waals surface area contributed by atoms with Gasteiger partial charge in [0.15, 0.2) is 0 Å². The van der Waals surface area contributed by atoms with E-state index in [0.29, 0.717) is 25.5 Å². The van der Waals surface area contributed by atoms with Gasteiger partial charge in [-0.25, -0.2) is 9.78 Å². The molecule has 3 rings (SSSR count). The Morgan fingerprint density at radius 1 is 1.50 bits per heavy atom. The van der Waals surface area contributed by atoms with E-state index in [0.717, 1.165) is 11.0 Å². The summed E-state index contributed by atoms with van der Waals surface area (Å²) in [6, 6.07) is 1.84. The molecule has 3 heterocycles. The highest BCUT2D eigenvalue weighted by molar-refractivity contribution is 5.73. The number of morpholine rings is 1. The Labute approximate surface area is 128 Å². The number of hydrogen-bond donors (Lipinski definition) is 1. The Morgan fingerprint density at radius 3 is 3.05 bits per heavy atom. The Balaban J connectivity index is 1.74. The molecule has 0 saturated carbocycles. The van der Waals surface area contributed by atoms with Crippen molar-refractivity contribution in [1.29, 1.82) is 0 Å². The van der Waals surface area contributed by atoms with Gasteiger partial charge in [0.2, 0.25) is 0 Å². The lowest BCUT2D eigenvalue weighted by molar-refractivity contribution is -0.0458. The van der Waals surface area contributed by atoms with Crippen molar-refractivity contribution in [2.24, 2.45) is 0 Å². The first-order valence-electron chi connectivity index (χ1n) is 7.31. The zero-order valence-electron chi connectivity index (χ0n) is 13.0. The maximum absolute atomic E-state index is 12.2. The van der Waals surface area contributed by atoms with Crippen LogP contribution in [0.3, 0.4) is 0 Å². The zero-order chi connectivity index (χ0) is 15.7. The molecule has 2 aromatic heterocycles. The van der Waals surface area contributed by atoms with Crippen LogP contribution in [0.2, 0.25) is 0 Å². The molecule has 118 valence electrons. The first-order chi connectivity index (χ1) is 10.4. The smallest absolute Gasteiger partial charge is 0.410 e. The summed E-state index contributed by atoms with van der Waals surface area (Å²) >= 11 is 0. The Bertz CT molecular complexity index is 644. The summed E-state index contributed by atoms with van der Waals surface area (Å²) in [5, 5.41) is 0. The summed E-state index contributed by atoms with van der Waals surface area (Å²) in [6.07, 6.45) is 2.81. The molecule has 0 spiro atoms. The number of aromatic nitrogens is 3. The lowest BCUT2D eigenvalue weighted by Crippen LogP contribution is -2.44. The number of fused-ring (bicyclic) bond motifs is 1. The topological polar surface area (TPSA) is 80.3 Å². The van der Waals surface area contributed by atoms with E-state index < -0.39 is 5.60 Å². The van der Waals surface area contributed by atoms with Crippen molar-refractivity contribution in [2.75, 3.05) is 19.7 Å². The molecule has 0 radical (unpaired) electrons. The summed E-state index contributed by atoms with van der Waals surface area (Å²) < 4.78 is 11.2. The van der Waals surface area contributed by atoms with Crippen molar-refractivity contribution in [3.8, 4) is 0 Å². The summed E-state index contributed by atoms with van der Waals surface area (Å²) in [5.74, 6) is 0.705. The Kier molecular flexibility index (Phi) is 3.74. The van der Waals surface area contributed by atoms with Crippen LogP contribution in [0.5, 0.6) is 0 Å². The van der Waals surface area contributed by atoms with E-state index in [1.54, 1.807) is 17.3 Å². The van der Waals surface area contributed by atoms with E-state index in [-0.39, 0.29) is 12.2 Å². The molecule has 22 heavy (non-hydrogen) atoms. The fourth-order valence-electron chi connectivity index (χ4n) is 2.34. The standard InChI is InChI=1S/C15H20N4O3/c1-15(2,3)22-14(20)19-6-7-21-12(9-19)13-17-10-4-5-16-8-11(10)18-13/h4-5,8,12H,6-7,9H2,1-3H3,(H,17,18). The molecule has 1 N–H and O–H groups in total. The minimum absolute atomic E-state index is 0.284. The number of amides is 1. The average Bonchev–Trinajstić information content (AvgIpc) is 2.89. The van der Waals surface area contributed by atoms with Crippen molar-refractivity contribution in [2.45, 2.75) is 32.5 Å². The highest BCUT2D eigenvalue weighted by atomic mass is 16.6. The molecule has 1 aliphatic heterocycles. The van der Waals surface area contributed by atoms with E-state index in [1.165, 1.54) is 0 Å². The van der Waals surface area contributed by atoms with Crippen LogP contribution in [-0.4, -0.2) is 51.2 Å². The number of hydrogen-bond acceptors (Lipinski definition) is 5. The second kappa shape index (κ2) is 5.57. The summed E-state index contributed by atoms with van der Waals surface area (Å²) in [6.45, 7) is 6.97. The number of carbonyl (C=O) groups excluding carboxylic acids is 1. The molecule has 0 aromatic carbocycles. The number of aromatic amines is 1. The van der Waals surface area contributed by atoms with Gasteiger partial charge in [-0.3, -0.25) is 4.98 Å². The molecule has 0 bridgehead atoms. The molecule has 7 heteroatoms. The quantitative estimate of drug-likeness (QED) is 0.874. The van der Waals surface area contributed by atoms with E-state index in [4.69, 9.17) is 9.47 Å². The number of nitrogens with one attached hydrogen (secondary N) is 1. The van der Waals surface area contributed by atoms with Crippen molar-refractivity contribution in [1.82, 2.24) is 19.9 Å². The summed E-state index contributed by atoms with van der Waals surface area (Å²) in [4.78, 5) is 25.6. The van der Waals surface area contributed by atoms with Gasteiger partial charge < -0.3 is 19.4 Å². The number of rotatable bonds is 1. The van der Waals surface area contributed by atoms with Crippen LogP contribution in [0.15, 0.2) is 18.5 Å². The Hall–Kier alpha value is -2.15. The molecular formula is C15H20N4O3. The van der Waals surface area contributed by atoms with Crippen LogP contribution >= 0.6 is 0 Å². The maximum atomic E-state index is 12.2. The zero-order valence-corrected chi connectivity index (χ0v) is 13.0. The van der Waals surface area contributed by atoms with Crippen LogP contribution in [0, 0.1) is 0 Å². The number of pyridine rings is 1. The third-order valence-corrected chi connectivity index (χ3v) is 3.32. The van der Waals surface area contributed by atoms with Gasteiger partial charge in [0.05, 0.1) is 30.4 Å². The largest absolute Gasteiger partial charge is 0.444 e. The number of imidazole rings is 1. The van der Waals surface area contributed by atoms with E-state index >= 15 is 0 Å². The molecule has 0 aliphatic carbocycles. The van der Waals surface area contributed by atoms with Crippen molar-refractivity contribution in [3.05, 3.63) is 24.3 Å². The van der Waals surface area contributed by atoms with Crippen LogP contribution < -0.4 is 0 Å². The predicted molar refractivity (Wildman–Crippen MR) is 80.4 cm³/mol. The van der Waals surface area contributed by atoms with E-state index in [1.807, 2.05) is 26.8 Å². The normalized spacial score (nSPS) is 19.4. The van der Waals surface area contributed by atoms with Crippen molar-refractivity contribution < 1.29 is 14.3 Å². The molecule has 1 atom stereocenters. The number of ether oxygens (including phenoxy) is 2. The van der Waals surface area contributed by atoms with Crippen LogP contribution in [-0.2, 0) is 9.47 Å². The predicted octanol–water partition coefficient (Wildman–Crippen LogP) is 2.27. The monoisotopic (exact) mass is 304 g/mol. The minimum Gasteiger partial charge on any atom is -0.444 e. The third-order valence-electron chi connectivity index (χ3n) is 3.32. The fraction of sp³-hybridized carbons (Fsp3) is 0.533. The van der Waals surface area contributed by atoms with Gasteiger partial charge in [-0.2, -0.15) is 0 Å². The highest BCUT2D eigenvalue weighted by Crippen LogP contribution is 2.23. The Morgan fingerprint density at radius 2 is 2.32 bits per heavy atom. The van der Waals surface area contributed by atoms with Crippen LogP contribution in [0.1, 0.15) is 32.7 Å². The van der Waals surface area contributed by atoms with Crippen LogP contribution in [0.25, 0.3) is 11.0 Å². The van der Waals surface area contributed by atoms with Gasteiger partial charge in [0.25, 0.3) is 0 Å². The second-order valence-electron chi connectivity index (χ2n) is 6.30. The molecule has 1 aliphatic rings. The van der Waals surface area contributed by atoms with Gasteiger partial charge in [0, 0.05) is 12.7 Å². The average molecular weight is 304 g/mol. The van der Waals surface area contributed by atoms with Crippen molar-refractivity contribution >= 4 is 17.1 Å². The second-order valence-corrected chi connectivity index (χ2v) is 6.30. The lowest BCUT2D eigenvalue weighted by atomic mass is 10.2. The van der Waals surface area contributed by atoms with Gasteiger partial charge in [0.1, 0.15) is 17.5 Å². The maximum Gasteiger partial charge on any atom is 0.410 e. The third kappa shape index (κ3) is 3.19. The first kappa shape index (κ1) is 14.8. The first-order valence-corrected chi connectivity index (χ1v) is 7.31. The molecule has 1 amide bonds. The van der Waals surface area contributed by atoms with E-state index in [2.05, 4.69) is 15.0 Å². The molecule has 1 fully saturated rings. The minimum atomic E-state index is -0.504. The van der Waals surface area contributed by atoms with Gasteiger partial charge in [-0.05, 0) is 26.8 Å². The molecule has 7 nitrogen and oxygen atoms in total. The van der Waals surface area contributed by atoms with Gasteiger partial charge in [-0.1, -0.05) is 0 Å². The van der Waals surface area contributed by atoms with E-state index in [9.17, 15) is 4.79 Å². The molecule has 2 aromatic rings. The lowest BCUT2D eigenvalue weighted by Gasteiger charge is -2.33. The molecule has 1 unspecified atom stereocenters. The summed E-state index contributed by atoms with van der Waals surface area (Å²) in [5.41, 5.74) is 1.19. The van der Waals surface area contributed by atoms with Gasteiger partial charge in [-0.15, -0.1) is 0 Å². The highest BCUT2D eigenvalue weighted by Gasteiger charge is 2.30. The number of H-pyrrole nitrogens is 1. The number of carbonyl (C=O) groups is 1. The number of nitrogens with zero attached hydrogens (tertiary/aromatic N) is 3. The molecule has 1 saturated heterocycles. The SMILES string of the molecule is CC(C)(C)OC(=O)N1CCOC(c2nc3ccncc3[nH]2)C1. The fourth-order valence-corrected chi connectivity index (χ4v) is 2.34. The van der Waals surface area contributed by atoms with Crippen LogP contribution in [0.4, 0.5) is 4.79 Å². The molecular weight excluding hydrogens is 284 g/mol. The van der Waals surface area contributed by atoms with Crippen molar-refractivity contribution in [3.63, 3.8) is 0 Å². The summed E-state index contributed by atoms with van der Waals surface area (Å²) in [7, 11) is 0. The van der Waals surface area contributed by atoms with Gasteiger partial charge >= 0.3 is 6.09 Å².